The molecule has 0 aliphatic rings. The molecule has 2 aromatic carbocycles. The van der Waals surface area contributed by atoms with Crippen LogP contribution in [0.1, 0.15) is 23.7 Å². The largest absolute Gasteiger partial charge is 0.445 e. The first kappa shape index (κ1) is 20.6. The molecule has 2 aromatic rings. The van der Waals surface area contributed by atoms with Crippen LogP contribution in [0.25, 0.3) is 0 Å². The molecular formula is C19H23N3O4S. The highest BCUT2D eigenvalue weighted by Crippen LogP contribution is 2.21. The molecule has 2 rings (SSSR count). The molecule has 0 aliphatic heterocycles. The monoisotopic (exact) mass is 389 g/mol. The maximum atomic E-state index is 11.7. The Morgan fingerprint density at radius 2 is 1.89 bits per heavy atom. The van der Waals surface area contributed by atoms with Crippen LogP contribution in [0.2, 0.25) is 0 Å². The number of amides is 1. The van der Waals surface area contributed by atoms with Crippen molar-refractivity contribution >= 4 is 29.1 Å². The number of benzene rings is 2. The molecule has 0 aliphatic carbocycles. The molecule has 27 heavy (non-hydrogen) atoms. The third kappa shape index (κ3) is 7.22. The van der Waals surface area contributed by atoms with Crippen molar-refractivity contribution in [3.8, 4) is 0 Å². The van der Waals surface area contributed by atoms with E-state index in [1.54, 1.807) is 24.3 Å². The zero-order valence-corrected chi connectivity index (χ0v) is 15.5. The summed E-state index contributed by atoms with van der Waals surface area (Å²) < 4.78 is 5.08. The van der Waals surface area contributed by atoms with Gasteiger partial charge in [-0.15, -0.1) is 0 Å². The summed E-state index contributed by atoms with van der Waals surface area (Å²) in [5, 5.41) is 25.9. The van der Waals surface area contributed by atoms with Gasteiger partial charge in [-0.3, -0.25) is 0 Å². The van der Waals surface area contributed by atoms with E-state index in [0.29, 0.717) is 11.3 Å². The van der Waals surface area contributed by atoms with Crippen LogP contribution in [0.3, 0.4) is 0 Å². The number of aliphatic hydroxyl groups excluding tert-OH is 2. The Bertz CT molecular complexity index is 758. The summed E-state index contributed by atoms with van der Waals surface area (Å²) in [6.45, 7) is 0.331. The number of rotatable bonds is 8. The van der Waals surface area contributed by atoms with Crippen molar-refractivity contribution in [2.75, 3.05) is 11.9 Å². The molecule has 1 amide bonds. The predicted molar refractivity (Wildman–Crippen MR) is 107 cm³/mol. The van der Waals surface area contributed by atoms with Crippen LogP contribution in [-0.4, -0.2) is 34.1 Å². The zero-order valence-electron chi connectivity index (χ0n) is 14.7. The van der Waals surface area contributed by atoms with Crippen LogP contribution in [0.5, 0.6) is 0 Å². The number of ether oxygens (including phenoxy) is 1. The average molecular weight is 389 g/mol. The van der Waals surface area contributed by atoms with E-state index in [2.05, 4.69) is 10.6 Å². The van der Waals surface area contributed by atoms with Gasteiger partial charge in [0.25, 0.3) is 0 Å². The molecule has 0 fully saturated rings. The third-order valence-electron chi connectivity index (χ3n) is 3.78. The summed E-state index contributed by atoms with van der Waals surface area (Å²) in [6, 6.07) is 16.1. The highest BCUT2D eigenvalue weighted by atomic mass is 32.1. The van der Waals surface area contributed by atoms with Gasteiger partial charge in [0.15, 0.2) is 5.11 Å². The van der Waals surface area contributed by atoms with Crippen molar-refractivity contribution < 1.29 is 19.7 Å². The molecule has 144 valence electrons. The third-order valence-corrected chi connectivity index (χ3v) is 3.88. The fourth-order valence-corrected chi connectivity index (χ4v) is 2.54. The second-order valence-electron chi connectivity index (χ2n) is 5.90. The zero-order chi connectivity index (χ0) is 19.6. The van der Waals surface area contributed by atoms with E-state index in [0.717, 1.165) is 5.56 Å². The maximum absolute atomic E-state index is 11.7. The first-order valence-electron chi connectivity index (χ1n) is 8.43. The standard InChI is InChI=1S/C19H23N3O4S/c20-18(27)22-15-8-4-7-14(11-15)17(24)16(23)9-10-21-19(25)26-12-13-5-2-1-3-6-13/h1-8,11,16-17,23-24H,9-10,12H2,(H,21,25)(H3,20,22,27). The van der Waals surface area contributed by atoms with Gasteiger partial charge in [-0.1, -0.05) is 42.5 Å². The fraction of sp³-hybridized carbons (Fsp3) is 0.263. The summed E-state index contributed by atoms with van der Waals surface area (Å²) in [6.07, 6.45) is -2.59. The number of aliphatic hydroxyl groups is 2. The molecule has 8 heteroatoms. The number of carbonyl (C=O) groups excluding carboxylic acids is 1. The Hall–Kier alpha value is -2.68. The lowest BCUT2D eigenvalue weighted by atomic mass is 10.0. The second kappa shape index (κ2) is 10.5. The highest BCUT2D eigenvalue weighted by Gasteiger charge is 2.19. The van der Waals surface area contributed by atoms with Crippen molar-refractivity contribution in [1.82, 2.24) is 5.32 Å². The van der Waals surface area contributed by atoms with Crippen LogP contribution in [0.15, 0.2) is 54.6 Å². The van der Waals surface area contributed by atoms with Crippen LogP contribution >= 0.6 is 12.2 Å². The Morgan fingerprint density at radius 1 is 1.15 bits per heavy atom. The van der Waals surface area contributed by atoms with Crippen LogP contribution in [0.4, 0.5) is 10.5 Å². The molecular weight excluding hydrogens is 366 g/mol. The van der Waals surface area contributed by atoms with E-state index in [9.17, 15) is 15.0 Å². The van der Waals surface area contributed by atoms with E-state index >= 15 is 0 Å². The number of hydrogen-bond acceptors (Lipinski definition) is 5. The van der Waals surface area contributed by atoms with E-state index in [1.165, 1.54) is 0 Å². The van der Waals surface area contributed by atoms with E-state index in [4.69, 9.17) is 22.7 Å². The highest BCUT2D eigenvalue weighted by molar-refractivity contribution is 7.80. The Morgan fingerprint density at radius 3 is 2.59 bits per heavy atom. The SMILES string of the molecule is NC(=S)Nc1cccc(C(O)C(O)CCNC(=O)OCc2ccccc2)c1. The van der Waals surface area contributed by atoms with Gasteiger partial charge in [-0.2, -0.15) is 0 Å². The molecule has 0 bridgehead atoms. The minimum Gasteiger partial charge on any atom is -0.445 e. The fourth-order valence-electron chi connectivity index (χ4n) is 2.42. The number of thiocarbonyl (C=S) groups is 1. The van der Waals surface area contributed by atoms with Crippen LogP contribution in [-0.2, 0) is 11.3 Å². The van der Waals surface area contributed by atoms with Gasteiger partial charge in [0.05, 0.1) is 6.10 Å². The number of anilines is 1. The smallest absolute Gasteiger partial charge is 0.407 e. The Balaban J connectivity index is 1.75. The van der Waals surface area contributed by atoms with Gasteiger partial charge in [-0.25, -0.2) is 4.79 Å². The van der Waals surface area contributed by atoms with Crippen molar-refractivity contribution in [3.63, 3.8) is 0 Å². The van der Waals surface area contributed by atoms with Gasteiger partial charge in [0.2, 0.25) is 0 Å². The van der Waals surface area contributed by atoms with Gasteiger partial charge in [0.1, 0.15) is 12.7 Å². The quantitative estimate of drug-likeness (QED) is 0.439. The average Bonchev–Trinajstić information content (AvgIpc) is 2.66. The minimum absolute atomic E-state index is 0.111. The molecule has 7 nitrogen and oxygen atoms in total. The first-order chi connectivity index (χ1) is 13.0. The Labute approximate surface area is 163 Å². The van der Waals surface area contributed by atoms with Crippen molar-refractivity contribution in [1.29, 1.82) is 0 Å². The second-order valence-corrected chi connectivity index (χ2v) is 6.34. The maximum Gasteiger partial charge on any atom is 0.407 e. The topological polar surface area (TPSA) is 117 Å². The van der Waals surface area contributed by atoms with E-state index in [-0.39, 0.29) is 24.7 Å². The van der Waals surface area contributed by atoms with Gasteiger partial charge in [0, 0.05) is 12.2 Å². The first-order valence-corrected chi connectivity index (χ1v) is 8.83. The predicted octanol–water partition coefficient (Wildman–Crippen LogP) is 2.05. The number of alkyl carbamates (subject to hydrolysis) is 1. The molecule has 0 heterocycles. The Kier molecular flexibility index (Phi) is 8.00. The molecule has 0 spiro atoms. The summed E-state index contributed by atoms with van der Waals surface area (Å²) >= 11 is 4.78. The summed E-state index contributed by atoms with van der Waals surface area (Å²) in [5.41, 5.74) is 7.43. The molecule has 0 radical (unpaired) electrons. The number of hydrogen-bond donors (Lipinski definition) is 5. The van der Waals surface area contributed by atoms with Gasteiger partial charge < -0.3 is 31.3 Å². The van der Waals surface area contributed by atoms with Crippen LogP contribution < -0.4 is 16.4 Å². The minimum atomic E-state index is -1.11. The lowest BCUT2D eigenvalue weighted by molar-refractivity contribution is 0.0136. The number of nitrogens with one attached hydrogen (secondary N) is 2. The van der Waals surface area contributed by atoms with E-state index < -0.39 is 18.3 Å². The summed E-state index contributed by atoms with van der Waals surface area (Å²) in [7, 11) is 0. The normalized spacial score (nSPS) is 12.7. The van der Waals surface area contributed by atoms with Crippen molar-refractivity contribution in [2.24, 2.45) is 5.73 Å². The van der Waals surface area contributed by atoms with Gasteiger partial charge in [-0.05, 0) is 41.9 Å². The van der Waals surface area contributed by atoms with E-state index in [1.807, 2.05) is 30.3 Å². The molecule has 0 saturated carbocycles. The van der Waals surface area contributed by atoms with Gasteiger partial charge >= 0.3 is 6.09 Å². The summed E-state index contributed by atoms with van der Waals surface area (Å²) in [5.74, 6) is 0. The van der Waals surface area contributed by atoms with Crippen LogP contribution in [0, 0.1) is 0 Å². The molecule has 0 saturated heterocycles. The number of carbonyl (C=O) groups is 1. The van der Waals surface area contributed by atoms with Crippen molar-refractivity contribution in [3.05, 3.63) is 65.7 Å². The lowest BCUT2D eigenvalue weighted by Gasteiger charge is -2.19. The number of nitrogens with two attached hydrogens (primary N) is 1. The lowest BCUT2D eigenvalue weighted by Crippen LogP contribution is -2.29. The molecule has 2 unspecified atom stereocenters. The molecule has 6 N–H and O–H groups in total. The van der Waals surface area contributed by atoms with Crippen molar-refractivity contribution in [2.45, 2.75) is 25.2 Å². The summed E-state index contributed by atoms with van der Waals surface area (Å²) in [4.78, 5) is 11.7. The molecule has 2 atom stereocenters. The molecule has 0 aromatic heterocycles.